The minimum Gasteiger partial charge on any atom is -0.344 e. The average Bonchev–Trinajstić information content (AvgIpc) is 3.54. The Balaban J connectivity index is 1.39. The van der Waals surface area contributed by atoms with Crippen LogP contribution in [0.15, 0.2) is 119 Å². The molecular weight excluding hydrogens is 693 g/mol. The third-order valence-electron chi connectivity index (χ3n) is 12.1. The van der Waals surface area contributed by atoms with Gasteiger partial charge in [-0.2, -0.15) is 4.58 Å². The summed E-state index contributed by atoms with van der Waals surface area (Å²) in [5, 5.41) is 1.61. The van der Waals surface area contributed by atoms with Crippen LogP contribution in [0.3, 0.4) is 0 Å². The highest BCUT2D eigenvalue weighted by Crippen LogP contribution is 2.48. The van der Waals surface area contributed by atoms with Crippen LogP contribution in [0, 0.1) is 5.92 Å². The van der Waals surface area contributed by atoms with Gasteiger partial charge in [-0.25, -0.2) is 8.42 Å². The summed E-state index contributed by atoms with van der Waals surface area (Å²) in [5.74, 6) is -0.0358. The van der Waals surface area contributed by atoms with E-state index in [2.05, 4.69) is 125 Å². The Hall–Kier alpha value is -3.70. The van der Waals surface area contributed by atoms with E-state index in [4.69, 9.17) is 0 Å². The fraction of sp³-hybridized carbons (Fsp3) is 0.500. The number of sulfone groups is 1. The summed E-state index contributed by atoms with van der Waals surface area (Å²) < 4.78 is 30.5. The summed E-state index contributed by atoms with van der Waals surface area (Å²) in [6.45, 7) is 18.1. The van der Waals surface area contributed by atoms with Crippen LogP contribution < -0.4 is 4.90 Å². The third-order valence-corrected chi connectivity index (χ3v) is 13.7. The summed E-state index contributed by atoms with van der Waals surface area (Å²) in [6, 6.07) is 26.6. The monoisotopic (exact) mass is 762 g/mol. The molecule has 0 amide bonds. The SMILES string of the molecule is CCCCCCCN1C(=CC=CCCC/C(=C/S(=O)(=O)c2ccccc2)C(C)C2=[N+](CCCCCCC)c3ccccc3C2(C)C)C(C)(C)c2ccccc21. The van der Waals surface area contributed by atoms with E-state index in [-0.39, 0.29) is 16.7 Å². The summed E-state index contributed by atoms with van der Waals surface area (Å²) >= 11 is 0. The standard InChI is InChI=1S/C50H69N2O2S/c1-8-10-12-16-27-37-51-45-34-25-23-32-43(45)49(4,5)47(51)36-22-15-14-19-29-41(39-55(53,54)42-30-20-18-21-31-42)40(3)48-50(6,7)44-33-24-26-35-46(44)52(48)38-28-17-13-11-9-2/h15,18,20-26,30-36,39-40H,8-14,16-17,19,27-29,37-38H2,1-7H3/q+1/b22-15?,41-39-,47-36?. The topological polar surface area (TPSA) is 40.4 Å². The highest BCUT2D eigenvalue weighted by molar-refractivity contribution is 7.94. The van der Waals surface area contributed by atoms with Crippen LogP contribution in [0.25, 0.3) is 0 Å². The van der Waals surface area contributed by atoms with Crippen LogP contribution in [-0.4, -0.2) is 31.8 Å². The lowest BCUT2D eigenvalue weighted by Crippen LogP contribution is -2.36. The minimum absolute atomic E-state index is 0.0358. The molecule has 1 atom stereocenters. The molecule has 296 valence electrons. The van der Waals surface area contributed by atoms with Crippen molar-refractivity contribution in [1.82, 2.24) is 0 Å². The van der Waals surface area contributed by atoms with Gasteiger partial charge in [0.2, 0.25) is 5.69 Å². The number of allylic oxidation sites excluding steroid dienone is 5. The zero-order valence-corrected chi connectivity index (χ0v) is 35.9. The summed E-state index contributed by atoms with van der Waals surface area (Å²) in [4.78, 5) is 2.91. The predicted octanol–water partition coefficient (Wildman–Crippen LogP) is 13.4. The van der Waals surface area contributed by atoms with Crippen molar-refractivity contribution >= 4 is 26.9 Å². The molecule has 0 saturated carbocycles. The number of anilines is 1. The molecule has 1 unspecified atom stereocenters. The van der Waals surface area contributed by atoms with E-state index >= 15 is 0 Å². The molecule has 2 aliphatic rings. The molecule has 0 radical (unpaired) electrons. The molecule has 0 bridgehead atoms. The molecule has 4 nitrogen and oxygen atoms in total. The fourth-order valence-corrected chi connectivity index (χ4v) is 10.5. The molecule has 3 aromatic rings. The van der Waals surface area contributed by atoms with Crippen LogP contribution in [-0.2, 0) is 20.7 Å². The van der Waals surface area contributed by atoms with Crippen LogP contribution in [0.4, 0.5) is 11.4 Å². The van der Waals surface area contributed by atoms with Gasteiger partial charge in [0.25, 0.3) is 0 Å². The number of hydrogen-bond acceptors (Lipinski definition) is 3. The number of nitrogens with zero attached hydrogens (tertiary/aromatic N) is 2. The minimum atomic E-state index is -3.63. The number of rotatable bonds is 21. The van der Waals surface area contributed by atoms with Crippen molar-refractivity contribution in [3.63, 3.8) is 0 Å². The van der Waals surface area contributed by atoms with Gasteiger partial charge in [-0.3, -0.25) is 0 Å². The number of benzene rings is 3. The maximum absolute atomic E-state index is 14.0. The molecule has 5 heteroatoms. The largest absolute Gasteiger partial charge is 0.344 e. The maximum atomic E-state index is 14.0. The van der Waals surface area contributed by atoms with Gasteiger partial charge < -0.3 is 4.90 Å². The molecule has 3 aromatic carbocycles. The highest BCUT2D eigenvalue weighted by atomic mass is 32.2. The maximum Gasteiger partial charge on any atom is 0.209 e. The van der Waals surface area contributed by atoms with E-state index in [1.807, 2.05) is 18.2 Å². The van der Waals surface area contributed by atoms with E-state index in [1.165, 1.54) is 91.7 Å². The smallest absolute Gasteiger partial charge is 0.209 e. The second kappa shape index (κ2) is 19.4. The van der Waals surface area contributed by atoms with Crippen LogP contribution in [0.5, 0.6) is 0 Å². The normalized spacial score (nSPS) is 17.7. The number of para-hydroxylation sites is 2. The zero-order valence-electron chi connectivity index (χ0n) is 35.1. The molecule has 5 rings (SSSR count). The lowest BCUT2D eigenvalue weighted by atomic mass is 9.75. The lowest BCUT2D eigenvalue weighted by Gasteiger charge is -2.27. The van der Waals surface area contributed by atoms with Crippen molar-refractivity contribution < 1.29 is 13.0 Å². The van der Waals surface area contributed by atoms with Gasteiger partial charge in [-0.05, 0) is 88.3 Å². The van der Waals surface area contributed by atoms with Crippen molar-refractivity contribution in [2.24, 2.45) is 5.92 Å². The Morgan fingerprint density at radius 1 is 0.727 bits per heavy atom. The van der Waals surface area contributed by atoms with E-state index in [9.17, 15) is 8.42 Å². The fourth-order valence-electron chi connectivity index (χ4n) is 9.10. The van der Waals surface area contributed by atoms with Gasteiger partial charge in [0.05, 0.1) is 16.2 Å². The Labute approximate surface area is 335 Å². The summed E-state index contributed by atoms with van der Waals surface area (Å²) in [6.07, 6.45) is 21.8. The number of unbranched alkanes of at least 4 members (excludes halogenated alkanes) is 9. The van der Waals surface area contributed by atoms with Crippen molar-refractivity contribution in [3.8, 4) is 0 Å². The zero-order chi connectivity index (χ0) is 39.5. The van der Waals surface area contributed by atoms with Crippen molar-refractivity contribution in [2.75, 3.05) is 18.0 Å². The molecule has 0 fully saturated rings. The van der Waals surface area contributed by atoms with E-state index < -0.39 is 9.84 Å². The third kappa shape index (κ3) is 10.0. The Bertz CT molecular complexity index is 1950. The first-order chi connectivity index (χ1) is 26.4. The van der Waals surface area contributed by atoms with Crippen molar-refractivity contribution in [1.29, 1.82) is 0 Å². The molecule has 0 aromatic heterocycles. The van der Waals surface area contributed by atoms with E-state index in [1.54, 1.807) is 17.5 Å². The Kier molecular flexibility index (Phi) is 15.0. The number of hydrogen-bond donors (Lipinski definition) is 0. The summed E-state index contributed by atoms with van der Waals surface area (Å²) in [7, 11) is -3.63. The molecule has 2 heterocycles. The molecule has 0 saturated heterocycles. The van der Waals surface area contributed by atoms with E-state index in [0.717, 1.165) is 44.3 Å². The van der Waals surface area contributed by atoms with Crippen LogP contribution in [0.1, 0.15) is 143 Å². The first-order valence-electron chi connectivity index (χ1n) is 21.4. The first-order valence-corrected chi connectivity index (χ1v) is 23.0. The first kappa shape index (κ1) is 42.4. The number of fused-ring (bicyclic) bond motifs is 2. The predicted molar refractivity (Wildman–Crippen MR) is 236 cm³/mol. The highest BCUT2D eigenvalue weighted by Gasteiger charge is 2.48. The lowest BCUT2D eigenvalue weighted by molar-refractivity contribution is -0.441. The van der Waals surface area contributed by atoms with Gasteiger partial charge in [-0.15, -0.1) is 0 Å². The molecule has 0 aliphatic carbocycles. The quantitative estimate of drug-likeness (QED) is 0.0802. The van der Waals surface area contributed by atoms with E-state index in [0.29, 0.717) is 4.90 Å². The van der Waals surface area contributed by atoms with Crippen LogP contribution in [0.2, 0.25) is 0 Å². The molecule has 55 heavy (non-hydrogen) atoms. The van der Waals surface area contributed by atoms with Crippen molar-refractivity contribution in [3.05, 3.63) is 125 Å². The van der Waals surface area contributed by atoms with Crippen molar-refractivity contribution in [2.45, 2.75) is 148 Å². The molecule has 0 N–H and O–H groups in total. The summed E-state index contributed by atoms with van der Waals surface area (Å²) in [5.41, 5.74) is 8.74. The van der Waals surface area contributed by atoms with Gasteiger partial charge in [0.15, 0.2) is 15.5 Å². The Morgan fingerprint density at radius 3 is 2.05 bits per heavy atom. The second-order valence-corrected chi connectivity index (χ2v) is 18.7. The van der Waals surface area contributed by atoms with Gasteiger partial charge in [0, 0.05) is 46.8 Å². The van der Waals surface area contributed by atoms with Gasteiger partial charge >= 0.3 is 0 Å². The van der Waals surface area contributed by atoms with Gasteiger partial charge in [-0.1, -0.05) is 139 Å². The van der Waals surface area contributed by atoms with Gasteiger partial charge in [0.1, 0.15) is 6.54 Å². The molecule has 0 spiro atoms. The Morgan fingerprint density at radius 2 is 1.35 bits per heavy atom. The second-order valence-electron chi connectivity index (χ2n) is 16.9. The molecule has 2 aliphatic heterocycles. The van der Waals surface area contributed by atoms with Crippen LogP contribution >= 0.6 is 0 Å². The molecular formula is C50H69N2O2S+. The average molecular weight is 762 g/mol.